The van der Waals surface area contributed by atoms with Crippen LogP contribution in [-0.2, 0) is 26.0 Å². The van der Waals surface area contributed by atoms with Crippen molar-refractivity contribution in [2.75, 3.05) is 31.5 Å². The molecule has 2 aliphatic heterocycles. The van der Waals surface area contributed by atoms with Crippen LogP contribution in [0.25, 0.3) is 0 Å². The number of hydrogen-bond donors (Lipinski definition) is 1. The number of hydrogen-bond acceptors (Lipinski definition) is 4. The van der Waals surface area contributed by atoms with E-state index in [1.165, 1.54) is 10.4 Å². The highest BCUT2D eigenvalue weighted by atomic mass is 32.2. The molecule has 7 nitrogen and oxygen atoms in total. The van der Waals surface area contributed by atoms with Crippen molar-refractivity contribution in [3.05, 3.63) is 23.8 Å². The number of benzene rings is 1. The summed E-state index contributed by atoms with van der Waals surface area (Å²) in [5, 5.41) is 2.76. The average Bonchev–Trinajstić information content (AvgIpc) is 2.60. The van der Waals surface area contributed by atoms with Crippen molar-refractivity contribution in [1.29, 1.82) is 0 Å². The molecule has 3 rings (SSSR count). The van der Waals surface area contributed by atoms with E-state index in [0.29, 0.717) is 44.7 Å². The monoisotopic (exact) mass is 365 g/mol. The van der Waals surface area contributed by atoms with Crippen molar-refractivity contribution in [2.45, 2.75) is 31.6 Å². The summed E-state index contributed by atoms with van der Waals surface area (Å²) in [4.78, 5) is 25.4. The Balaban J connectivity index is 1.75. The molecular formula is C17H23N3O4S. The predicted molar refractivity (Wildman–Crippen MR) is 93.6 cm³/mol. The van der Waals surface area contributed by atoms with Gasteiger partial charge in [0, 0.05) is 44.2 Å². The highest BCUT2D eigenvalue weighted by Crippen LogP contribution is 2.27. The summed E-state index contributed by atoms with van der Waals surface area (Å²) in [7, 11) is -3.60. The van der Waals surface area contributed by atoms with Gasteiger partial charge in [0.15, 0.2) is 0 Å². The lowest BCUT2D eigenvalue weighted by Crippen LogP contribution is -2.51. The Morgan fingerprint density at radius 1 is 1.12 bits per heavy atom. The minimum absolute atomic E-state index is 0.0472. The molecule has 2 heterocycles. The molecule has 0 saturated carbocycles. The van der Waals surface area contributed by atoms with Crippen molar-refractivity contribution in [3.8, 4) is 0 Å². The summed E-state index contributed by atoms with van der Waals surface area (Å²) < 4.78 is 27.2. The lowest BCUT2D eigenvalue weighted by molar-refractivity contribution is -0.135. The average molecular weight is 365 g/mol. The zero-order valence-electron chi connectivity index (χ0n) is 14.5. The minimum Gasteiger partial charge on any atom is -0.340 e. The number of nitrogens with zero attached hydrogens (tertiary/aromatic N) is 2. The van der Waals surface area contributed by atoms with Gasteiger partial charge in [0.25, 0.3) is 0 Å². The van der Waals surface area contributed by atoms with Gasteiger partial charge in [0.1, 0.15) is 0 Å². The first-order valence-corrected chi connectivity index (χ1v) is 9.95. The molecule has 2 aliphatic rings. The Labute approximate surface area is 148 Å². The van der Waals surface area contributed by atoms with Gasteiger partial charge in [-0.05, 0) is 30.2 Å². The summed E-state index contributed by atoms with van der Waals surface area (Å²) in [6, 6.07) is 4.83. The third kappa shape index (κ3) is 3.55. The molecule has 1 saturated heterocycles. The molecule has 1 aromatic rings. The lowest BCUT2D eigenvalue weighted by Gasteiger charge is -2.35. The van der Waals surface area contributed by atoms with Gasteiger partial charge in [-0.3, -0.25) is 9.59 Å². The fourth-order valence-electron chi connectivity index (χ4n) is 3.18. The van der Waals surface area contributed by atoms with E-state index in [1.54, 1.807) is 17.0 Å². The van der Waals surface area contributed by atoms with Crippen LogP contribution in [0, 0.1) is 5.92 Å². The van der Waals surface area contributed by atoms with Crippen LogP contribution in [0.1, 0.15) is 25.8 Å². The largest absolute Gasteiger partial charge is 0.340 e. The third-order valence-electron chi connectivity index (χ3n) is 4.65. The second-order valence-electron chi connectivity index (χ2n) is 6.75. The zero-order chi connectivity index (χ0) is 18.2. The number of piperazine rings is 1. The van der Waals surface area contributed by atoms with Crippen molar-refractivity contribution in [2.24, 2.45) is 5.92 Å². The van der Waals surface area contributed by atoms with Gasteiger partial charge in [0.2, 0.25) is 21.8 Å². The van der Waals surface area contributed by atoms with E-state index in [-0.39, 0.29) is 22.6 Å². The topological polar surface area (TPSA) is 86.8 Å². The molecule has 1 fully saturated rings. The van der Waals surface area contributed by atoms with Gasteiger partial charge in [0.05, 0.1) is 4.90 Å². The molecule has 1 N–H and O–H groups in total. The second-order valence-corrected chi connectivity index (χ2v) is 8.69. The molecule has 0 aliphatic carbocycles. The van der Waals surface area contributed by atoms with Crippen LogP contribution in [0.2, 0.25) is 0 Å². The maximum absolute atomic E-state index is 12.9. The highest BCUT2D eigenvalue weighted by molar-refractivity contribution is 7.89. The summed E-state index contributed by atoms with van der Waals surface area (Å²) in [5.74, 6) is -0.0744. The first-order chi connectivity index (χ1) is 11.8. The van der Waals surface area contributed by atoms with E-state index in [9.17, 15) is 18.0 Å². The zero-order valence-corrected chi connectivity index (χ0v) is 15.3. The Bertz CT molecular complexity index is 796. The van der Waals surface area contributed by atoms with Crippen molar-refractivity contribution >= 4 is 27.5 Å². The Kier molecular flexibility index (Phi) is 4.83. The van der Waals surface area contributed by atoms with E-state index >= 15 is 0 Å². The van der Waals surface area contributed by atoms with Gasteiger partial charge < -0.3 is 10.2 Å². The smallest absolute Gasteiger partial charge is 0.243 e. The normalized spacial score (nSPS) is 18.8. The molecule has 25 heavy (non-hydrogen) atoms. The molecule has 0 radical (unpaired) electrons. The first kappa shape index (κ1) is 17.9. The van der Waals surface area contributed by atoms with E-state index in [1.807, 2.05) is 13.8 Å². The fraction of sp³-hybridized carbons (Fsp3) is 0.529. The molecule has 0 bridgehead atoms. The number of rotatable bonds is 3. The molecule has 0 spiro atoms. The maximum atomic E-state index is 12.9. The second kappa shape index (κ2) is 6.76. The van der Waals surface area contributed by atoms with Crippen molar-refractivity contribution in [3.63, 3.8) is 0 Å². The van der Waals surface area contributed by atoms with E-state index in [2.05, 4.69) is 5.32 Å². The van der Waals surface area contributed by atoms with Crippen LogP contribution in [-0.4, -0.2) is 55.6 Å². The van der Waals surface area contributed by atoms with Crippen LogP contribution in [0.5, 0.6) is 0 Å². The first-order valence-electron chi connectivity index (χ1n) is 8.51. The fourth-order valence-corrected chi connectivity index (χ4v) is 4.66. The summed E-state index contributed by atoms with van der Waals surface area (Å²) >= 11 is 0. The summed E-state index contributed by atoms with van der Waals surface area (Å²) in [5.41, 5.74) is 1.52. The molecule has 0 aromatic heterocycles. The summed E-state index contributed by atoms with van der Waals surface area (Å²) in [6.07, 6.45) is 0.910. The lowest BCUT2D eigenvalue weighted by atomic mass is 10.0. The van der Waals surface area contributed by atoms with E-state index < -0.39 is 10.0 Å². The van der Waals surface area contributed by atoms with Crippen molar-refractivity contribution < 1.29 is 18.0 Å². The number of fused-ring (bicyclic) bond motifs is 1. The Morgan fingerprint density at radius 2 is 1.80 bits per heavy atom. The highest BCUT2D eigenvalue weighted by Gasteiger charge is 2.31. The molecule has 2 amide bonds. The molecule has 0 atom stereocenters. The van der Waals surface area contributed by atoms with Crippen LogP contribution < -0.4 is 5.32 Å². The standard InChI is InChI=1S/C17H23N3O4S/c1-12(2)17(22)19-7-9-20(10-8-19)25(23,24)14-4-5-15-13(11-14)3-6-16(21)18-15/h4-5,11-12H,3,6-10H2,1-2H3,(H,18,21). The number of nitrogens with one attached hydrogen (secondary N) is 1. The van der Waals surface area contributed by atoms with Crippen LogP contribution in [0.3, 0.4) is 0 Å². The van der Waals surface area contributed by atoms with Gasteiger partial charge in [-0.15, -0.1) is 0 Å². The quantitative estimate of drug-likeness (QED) is 0.868. The van der Waals surface area contributed by atoms with Crippen molar-refractivity contribution in [1.82, 2.24) is 9.21 Å². The van der Waals surface area contributed by atoms with E-state index in [4.69, 9.17) is 0 Å². The maximum Gasteiger partial charge on any atom is 0.243 e. The number of carbonyl (C=O) groups excluding carboxylic acids is 2. The minimum atomic E-state index is -3.60. The van der Waals surface area contributed by atoms with Gasteiger partial charge >= 0.3 is 0 Å². The molecule has 8 heteroatoms. The van der Waals surface area contributed by atoms with Gasteiger partial charge in [-0.1, -0.05) is 13.8 Å². The Hall–Kier alpha value is -1.93. The van der Waals surface area contributed by atoms with E-state index in [0.717, 1.165) is 5.56 Å². The number of aryl methyl sites for hydroxylation is 1. The van der Waals surface area contributed by atoms with Crippen LogP contribution >= 0.6 is 0 Å². The molecule has 136 valence electrons. The summed E-state index contributed by atoms with van der Waals surface area (Å²) in [6.45, 7) is 5.12. The Morgan fingerprint density at radius 3 is 2.44 bits per heavy atom. The predicted octanol–water partition coefficient (Wildman–Crippen LogP) is 1.06. The molecule has 1 aromatic carbocycles. The SMILES string of the molecule is CC(C)C(=O)N1CCN(S(=O)(=O)c2ccc3c(c2)CCC(=O)N3)CC1. The van der Waals surface area contributed by atoms with Gasteiger partial charge in [-0.2, -0.15) is 4.31 Å². The number of amides is 2. The number of anilines is 1. The van der Waals surface area contributed by atoms with Crippen LogP contribution in [0.15, 0.2) is 23.1 Å². The number of carbonyl (C=O) groups is 2. The molecule has 0 unspecified atom stereocenters. The molecular weight excluding hydrogens is 342 g/mol. The van der Waals surface area contributed by atoms with Crippen LogP contribution in [0.4, 0.5) is 5.69 Å². The number of sulfonamides is 1. The van der Waals surface area contributed by atoms with Gasteiger partial charge in [-0.25, -0.2) is 8.42 Å². The third-order valence-corrected chi connectivity index (χ3v) is 6.55.